The van der Waals surface area contributed by atoms with Crippen LogP contribution in [0.25, 0.3) is 0 Å². The highest BCUT2D eigenvalue weighted by atomic mass is 16.5. The highest BCUT2D eigenvalue weighted by Crippen LogP contribution is 2.45. The van der Waals surface area contributed by atoms with Gasteiger partial charge in [-0.15, -0.1) is 0 Å². The van der Waals surface area contributed by atoms with Crippen LogP contribution < -0.4 is 5.32 Å². The van der Waals surface area contributed by atoms with E-state index in [0.717, 1.165) is 31.5 Å². The number of nitrogens with zero attached hydrogens (tertiary/aromatic N) is 2. The number of esters is 1. The molecule has 4 aliphatic rings. The number of fused-ring (bicyclic) bond motifs is 6. The van der Waals surface area contributed by atoms with E-state index >= 15 is 0 Å². The first kappa shape index (κ1) is 21.5. The van der Waals surface area contributed by atoms with E-state index in [4.69, 9.17) is 4.74 Å². The molecule has 6 heteroatoms. The van der Waals surface area contributed by atoms with E-state index in [2.05, 4.69) is 16.3 Å². The molecule has 3 fully saturated rings. The zero-order valence-electron chi connectivity index (χ0n) is 19.0. The molecule has 1 aromatic carbocycles. The van der Waals surface area contributed by atoms with E-state index in [9.17, 15) is 9.59 Å². The summed E-state index contributed by atoms with van der Waals surface area (Å²) in [6, 6.07) is 9.84. The van der Waals surface area contributed by atoms with Gasteiger partial charge in [0.15, 0.2) is 0 Å². The molecular formula is C26H35N3O3. The Morgan fingerprint density at radius 2 is 2.00 bits per heavy atom. The van der Waals surface area contributed by atoms with E-state index < -0.39 is 12.0 Å². The Morgan fingerprint density at radius 1 is 1.16 bits per heavy atom. The molecule has 1 N–H and O–H groups in total. The number of hydrogen-bond donors (Lipinski definition) is 1. The van der Waals surface area contributed by atoms with E-state index in [1.807, 2.05) is 35.2 Å². The number of piperidine rings is 3. The van der Waals surface area contributed by atoms with Crippen molar-refractivity contribution < 1.29 is 14.3 Å². The molecule has 0 saturated carbocycles. The van der Waals surface area contributed by atoms with Crippen LogP contribution in [-0.2, 0) is 16.0 Å². The van der Waals surface area contributed by atoms with Crippen molar-refractivity contribution in [1.82, 2.24) is 15.1 Å². The predicted molar refractivity (Wildman–Crippen MR) is 123 cm³/mol. The first-order valence-electron chi connectivity index (χ1n) is 12.3. The van der Waals surface area contributed by atoms with Gasteiger partial charge in [-0.25, -0.2) is 9.59 Å². The van der Waals surface area contributed by atoms with Gasteiger partial charge < -0.3 is 15.0 Å². The van der Waals surface area contributed by atoms with Crippen LogP contribution in [0, 0.1) is 11.8 Å². The first-order valence-corrected chi connectivity index (χ1v) is 12.3. The minimum Gasteiger partial charge on any atom is -0.467 e. The van der Waals surface area contributed by atoms with Crippen molar-refractivity contribution in [2.75, 3.05) is 26.7 Å². The Kier molecular flexibility index (Phi) is 6.22. The summed E-state index contributed by atoms with van der Waals surface area (Å²) >= 11 is 0. The lowest BCUT2D eigenvalue weighted by molar-refractivity contribution is -0.142. The lowest BCUT2D eigenvalue weighted by Gasteiger charge is -2.54. The largest absolute Gasteiger partial charge is 0.467 e. The monoisotopic (exact) mass is 437 g/mol. The van der Waals surface area contributed by atoms with E-state index in [1.165, 1.54) is 44.9 Å². The van der Waals surface area contributed by atoms with Crippen LogP contribution in [-0.4, -0.2) is 66.7 Å². The van der Waals surface area contributed by atoms with E-state index in [0.29, 0.717) is 24.3 Å². The third-order valence-corrected chi connectivity index (χ3v) is 7.98. The SMILES string of the molecule is COC(=O)[C@H](Cc1ccccc1)NC(=O)N1CCCC2=C[C@H]3C[C@@H](CN4CCCC[C@H]34)[C@H]21. The molecule has 0 radical (unpaired) electrons. The predicted octanol–water partition coefficient (Wildman–Crippen LogP) is 3.38. The summed E-state index contributed by atoms with van der Waals surface area (Å²) in [6.45, 7) is 3.04. The van der Waals surface area contributed by atoms with Gasteiger partial charge in [-0.3, -0.25) is 4.90 Å². The molecule has 32 heavy (non-hydrogen) atoms. The van der Waals surface area contributed by atoms with Gasteiger partial charge in [-0.2, -0.15) is 0 Å². The van der Waals surface area contributed by atoms with Crippen LogP contribution in [0.3, 0.4) is 0 Å². The molecule has 0 unspecified atom stereocenters. The molecule has 3 aliphatic heterocycles. The fourth-order valence-corrected chi connectivity index (χ4v) is 6.62. The maximum absolute atomic E-state index is 13.5. The molecule has 5 atom stereocenters. The molecule has 172 valence electrons. The van der Waals surface area contributed by atoms with Crippen LogP contribution in [0.1, 0.15) is 44.1 Å². The number of benzene rings is 1. The van der Waals surface area contributed by atoms with Gasteiger partial charge in [0.05, 0.1) is 13.2 Å². The Morgan fingerprint density at radius 3 is 2.81 bits per heavy atom. The minimum absolute atomic E-state index is 0.133. The lowest BCUT2D eigenvalue weighted by atomic mass is 9.68. The molecule has 2 amide bonds. The quantitative estimate of drug-likeness (QED) is 0.580. The van der Waals surface area contributed by atoms with Crippen molar-refractivity contribution in [1.29, 1.82) is 0 Å². The Labute approximate surface area is 191 Å². The standard InChI is InChI=1S/C26H35N3O3/c1-32-25(30)22(14-18-8-3-2-4-9-18)27-26(31)29-13-7-10-19-15-20-16-21(24(19)29)17-28-12-6-5-11-23(20)28/h2-4,8-9,15,20-24H,5-7,10-14,16-17H2,1H3,(H,27,31)/t20-,21-,22-,23+,24-/m0/s1. The first-order chi connectivity index (χ1) is 15.6. The summed E-state index contributed by atoms with van der Waals surface area (Å²) in [7, 11) is 1.38. The normalized spacial score (nSPS) is 30.4. The molecule has 3 saturated heterocycles. The topological polar surface area (TPSA) is 61.9 Å². The number of methoxy groups -OCH3 is 1. The third-order valence-electron chi connectivity index (χ3n) is 7.98. The van der Waals surface area contributed by atoms with Crippen molar-refractivity contribution in [3.63, 3.8) is 0 Å². The summed E-state index contributed by atoms with van der Waals surface area (Å²) in [5.41, 5.74) is 2.46. The zero-order chi connectivity index (χ0) is 22.1. The van der Waals surface area contributed by atoms with E-state index in [-0.39, 0.29) is 12.1 Å². The van der Waals surface area contributed by atoms with Crippen LogP contribution in [0.15, 0.2) is 42.0 Å². The molecule has 2 bridgehead atoms. The number of ether oxygens (including phenoxy) is 1. The number of carbonyl (C=O) groups excluding carboxylic acids is 2. The number of urea groups is 1. The number of hydrogen-bond acceptors (Lipinski definition) is 4. The number of rotatable bonds is 4. The summed E-state index contributed by atoms with van der Waals surface area (Å²) < 4.78 is 5.01. The molecule has 1 aromatic rings. The number of likely N-dealkylation sites (tertiary alicyclic amines) is 1. The fourth-order valence-electron chi connectivity index (χ4n) is 6.62. The third kappa shape index (κ3) is 4.17. The lowest BCUT2D eigenvalue weighted by Crippen LogP contribution is -2.62. The van der Waals surface area contributed by atoms with Gasteiger partial charge in [-0.1, -0.05) is 48.4 Å². The average Bonchev–Trinajstić information content (AvgIpc) is 2.83. The second kappa shape index (κ2) is 9.26. The highest BCUT2D eigenvalue weighted by molar-refractivity contribution is 5.84. The van der Waals surface area contributed by atoms with Gasteiger partial charge in [0.1, 0.15) is 6.04 Å². The summed E-state index contributed by atoms with van der Waals surface area (Å²) in [6.07, 6.45) is 10.2. The van der Waals surface area contributed by atoms with Gasteiger partial charge in [0.25, 0.3) is 0 Å². The van der Waals surface area contributed by atoms with Crippen LogP contribution in [0.2, 0.25) is 0 Å². The second-order valence-electron chi connectivity index (χ2n) is 9.92. The van der Waals surface area contributed by atoms with Crippen molar-refractivity contribution in [2.45, 2.75) is 63.1 Å². The molecular weight excluding hydrogens is 402 g/mol. The molecule has 6 nitrogen and oxygen atoms in total. The average molecular weight is 438 g/mol. The molecule has 3 heterocycles. The minimum atomic E-state index is -0.682. The Balaban J connectivity index is 1.34. The van der Waals surface area contributed by atoms with Gasteiger partial charge >= 0.3 is 12.0 Å². The molecule has 5 rings (SSSR count). The maximum atomic E-state index is 13.5. The zero-order valence-corrected chi connectivity index (χ0v) is 19.0. The van der Waals surface area contributed by atoms with Gasteiger partial charge in [0, 0.05) is 25.6 Å². The van der Waals surface area contributed by atoms with Gasteiger partial charge in [0.2, 0.25) is 0 Å². The number of amides is 2. The fraction of sp³-hybridized carbons (Fsp3) is 0.615. The smallest absolute Gasteiger partial charge is 0.328 e. The van der Waals surface area contributed by atoms with Crippen molar-refractivity contribution in [3.05, 3.63) is 47.5 Å². The van der Waals surface area contributed by atoms with Crippen molar-refractivity contribution in [2.24, 2.45) is 11.8 Å². The Bertz CT molecular complexity index is 870. The Hall–Kier alpha value is -2.34. The van der Waals surface area contributed by atoms with Gasteiger partial charge in [-0.05, 0) is 56.0 Å². The van der Waals surface area contributed by atoms with Crippen molar-refractivity contribution >= 4 is 12.0 Å². The van der Waals surface area contributed by atoms with Crippen LogP contribution in [0.5, 0.6) is 0 Å². The summed E-state index contributed by atoms with van der Waals surface area (Å²) in [4.78, 5) is 30.7. The van der Waals surface area contributed by atoms with Crippen molar-refractivity contribution in [3.8, 4) is 0 Å². The summed E-state index contributed by atoms with van der Waals surface area (Å²) in [5.74, 6) is 0.739. The molecule has 0 spiro atoms. The number of carbonyl (C=O) groups is 2. The highest BCUT2D eigenvalue weighted by Gasteiger charge is 2.47. The van der Waals surface area contributed by atoms with Crippen LogP contribution >= 0.6 is 0 Å². The second-order valence-corrected chi connectivity index (χ2v) is 9.92. The maximum Gasteiger partial charge on any atom is 0.328 e. The summed E-state index contributed by atoms with van der Waals surface area (Å²) in [5, 5.41) is 3.02. The van der Waals surface area contributed by atoms with E-state index in [1.54, 1.807) is 0 Å². The molecule has 0 aromatic heterocycles. The van der Waals surface area contributed by atoms with Crippen LogP contribution in [0.4, 0.5) is 4.79 Å². The molecule has 1 aliphatic carbocycles. The number of nitrogens with one attached hydrogen (secondary N) is 1.